The van der Waals surface area contributed by atoms with Crippen LogP contribution in [-0.4, -0.2) is 27.4 Å². The van der Waals surface area contributed by atoms with E-state index in [0.29, 0.717) is 17.3 Å². The second-order valence-corrected chi connectivity index (χ2v) is 5.64. The molecule has 7 heteroatoms. The van der Waals surface area contributed by atoms with Crippen molar-refractivity contribution in [1.82, 2.24) is 20.3 Å². The molecule has 3 rings (SSSR count). The highest BCUT2D eigenvalue weighted by Crippen LogP contribution is 2.17. The van der Waals surface area contributed by atoms with E-state index in [1.807, 2.05) is 30.3 Å². The van der Waals surface area contributed by atoms with E-state index in [4.69, 9.17) is 17.3 Å². The Morgan fingerprint density at radius 2 is 1.83 bits per heavy atom. The average molecular weight is 342 g/mol. The lowest BCUT2D eigenvalue weighted by atomic mass is 10.1. The number of carbonyl (C=O) groups excluding carboxylic acids is 1. The Bertz CT molecular complexity index is 830. The van der Waals surface area contributed by atoms with Gasteiger partial charge < -0.3 is 11.1 Å². The van der Waals surface area contributed by atoms with Crippen LogP contribution in [0.2, 0.25) is 5.02 Å². The number of benzene rings is 2. The molecule has 0 radical (unpaired) electrons. The number of aromatic nitrogens is 3. The highest BCUT2D eigenvalue weighted by atomic mass is 35.5. The Morgan fingerprint density at radius 1 is 1.12 bits per heavy atom. The molecule has 2 aromatic carbocycles. The minimum absolute atomic E-state index is 0.109. The van der Waals surface area contributed by atoms with Gasteiger partial charge >= 0.3 is 0 Å². The summed E-state index contributed by atoms with van der Waals surface area (Å²) < 4.78 is 1.41. The average Bonchev–Trinajstić information content (AvgIpc) is 2.98. The lowest BCUT2D eigenvalue weighted by Gasteiger charge is -2.05. The van der Waals surface area contributed by atoms with Crippen molar-refractivity contribution in [3.05, 3.63) is 70.9 Å². The maximum atomic E-state index is 12.2. The molecule has 0 atom stereocenters. The summed E-state index contributed by atoms with van der Waals surface area (Å²) in [4.78, 5) is 12.2. The normalized spacial score (nSPS) is 10.5. The lowest BCUT2D eigenvalue weighted by molar-refractivity contribution is 0.0950. The highest BCUT2D eigenvalue weighted by molar-refractivity contribution is 6.30. The zero-order valence-corrected chi connectivity index (χ0v) is 13.6. The predicted octanol–water partition coefficient (Wildman–Crippen LogP) is 2.48. The van der Waals surface area contributed by atoms with Crippen molar-refractivity contribution in [2.75, 3.05) is 12.3 Å². The van der Waals surface area contributed by atoms with Crippen LogP contribution in [0, 0.1) is 0 Å². The Hall–Kier alpha value is -2.86. The number of rotatable bonds is 5. The SMILES string of the molecule is Nc1c(C(=O)NCCc2ccccc2)nnn1-c1ccc(Cl)cc1. The van der Waals surface area contributed by atoms with E-state index < -0.39 is 0 Å². The molecule has 1 amide bonds. The number of nitrogens with two attached hydrogens (primary N) is 1. The second kappa shape index (κ2) is 7.14. The lowest BCUT2D eigenvalue weighted by Crippen LogP contribution is -2.27. The first-order valence-corrected chi connectivity index (χ1v) is 7.82. The fourth-order valence-corrected chi connectivity index (χ4v) is 2.40. The van der Waals surface area contributed by atoms with E-state index in [1.165, 1.54) is 4.68 Å². The number of nitrogens with zero attached hydrogens (tertiary/aromatic N) is 3. The van der Waals surface area contributed by atoms with Crippen molar-refractivity contribution in [2.45, 2.75) is 6.42 Å². The van der Waals surface area contributed by atoms with Crippen LogP contribution in [0.25, 0.3) is 5.69 Å². The van der Waals surface area contributed by atoms with Crippen LogP contribution in [0.1, 0.15) is 16.1 Å². The number of nitrogens with one attached hydrogen (secondary N) is 1. The summed E-state index contributed by atoms with van der Waals surface area (Å²) in [6.07, 6.45) is 0.734. The van der Waals surface area contributed by atoms with Gasteiger partial charge in [-0.3, -0.25) is 4.79 Å². The molecular weight excluding hydrogens is 326 g/mol. The summed E-state index contributed by atoms with van der Waals surface area (Å²) in [5.41, 5.74) is 7.95. The molecule has 1 heterocycles. The minimum Gasteiger partial charge on any atom is -0.382 e. The molecule has 0 saturated carbocycles. The number of carbonyl (C=O) groups is 1. The van der Waals surface area contributed by atoms with E-state index in [9.17, 15) is 4.79 Å². The van der Waals surface area contributed by atoms with Crippen LogP contribution in [0.3, 0.4) is 0 Å². The summed E-state index contributed by atoms with van der Waals surface area (Å²) in [7, 11) is 0. The van der Waals surface area contributed by atoms with Crippen LogP contribution < -0.4 is 11.1 Å². The molecule has 0 aliphatic carbocycles. The molecule has 24 heavy (non-hydrogen) atoms. The third kappa shape index (κ3) is 3.55. The van der Waals surface area contributed by atoms with Crippen LogP contribution in [0.5, 0.6) is 0 Å². The largest absolute Gasteiger partial charge is 0.382 e. The quantitative estimate of drug-likeness (QED) is 0.746. The molecule has 1 aromatic heterocycles. The predicted molar refractivity (Wildman–Crippen MR) is 93.3 cm³/mol. The third-order valence-electron chi connectivity index (χ3n) is 3.53. The maximum Gasteiger partial charge on any atom is 0.275 e. The van der Waals surface area contributed by atoms with E-state index in [-0.39, 0.29) is 17.4 Å². The molecule has 0 aliphatic heterocycles. The van der Waals surface area contributed by atoms with Gasteiger partial charge in [-0.15, -0.1) is 5.10 Å². The summed E-state index contributed by atoms with van der Waals surface area (Å²) in [6, 6.07) is 16.9. The number of hydrogen-bond acceptors (Lipinski definition) is 4. The van der Waals surface area contributed by atoms with Gasteiger partial charge in [0.15, 0.2) is 11.5 Å². The molecule has 0 bridgehead atoms. The van der Waals surface area contributed by atoms with Crippen LogP contribution >= 0.6 is 11.6 Å². The molecule has 3 N–H and O–H groups in total. The molecule has 0 aliphatic rings. The molecule has 0 saturated heterocycles. The first-order chi connectivity index (χ1) is 11.6. The van der Waals surface area contributed by atoms with Gasteiger partial charge in [-0.1, -0.05) is 47.1 Å². The molecule has 0 spiro atoms. The van der Waals surface area contributed by atoms with Gasteiger partial charge in [0, 0.05) is 11.6 Å². The van der Waals surface area contributed by atoms with Crippen molar-refractivity contribution in [2.24, 2.45) is 0 Å². The van der Waals surface area contributed by atoms with Crippen LogP contribution in [-0.2, 0) is 6.42 Å². The Kier molecular flexibility index (Phi) is 4.77. The Labute approximate surface area is 144 Å². The van der Waals surface area contributed by atoms with Gasteiger partial charge in [0.1, 0.15) is 0 Å². The standard InChI is InChI=1S/C17H16ClN5O/c18-13-6-8-14(9-7-13)23-16(19)15(21-22-23)17(24)20-11-10-12-4-2-1-3-5-12/h1-9H,10-11,19H2,(H,20,24). The number of nitrogen functional groups attached to an aromatic ring is 1. The summed E-state index contributed by atoms with van der Waals surface area (Å²) >= 11 is 5.86. The minimum atomic E-state index is -0.344. The van der Waals surface area contributed by atoms with Crippen LogP contribution in [0.4, 0.5) is 5.82 Å². The topological polar surface area (TPSA) is 85.8 Å². The fourth-order valence-electron chi connectivity index (χ4n) is 2.27. The number of anilines is 1. The molecule has 0 unspecified atom stereocenters. The van der Waals surface area contributed by atoms with E-state index in [1.54, 1.807) is 24.3 Å². The van der Waals surface area contributed by atoms with Gasteiger partial charge in [-0.2, -0.15) is 4.68 Å². The van der Waals surface area contributed by atoms with Gasteiger partial charge in [-0.25, -0.2) is 0 Å². The van der Waals surface area contributed by atoms with Crippen molar-refractivity contribution in [3.63, 3.8) is 0 Å². The fraction of sp³-hybridized carbons (Fsp3) is 0.118. The van der Waals surface area contributed by atoms with Crippen molar-refractivity contribution >= 4 is 23.3 Å². The molecule has 6 nitrogen and oxygen atoms in total. The monoisotopic (exact) mass is 341 g/mol. The van der Waals surface area contributed by atoms with Crippen molar-refractivity contribution in [3.8, 4) is 5.69 Å². The zero-order chi connectivity index (χ0) is 16.9. The summed E-state index contributed by atoms with van der Waals surface area (Å²) in [6.45, 7) is 0.496. The number of halogens is 1. The Balaban J connectivity index is 1.66. The van der Waals surface area contributed by atoms with E-state index in [2.05, 4.69) is 15.6 Å². The summed E-state index contributed by atoms with van der Waals surface area (Å²) in [5, 5.41) is 11.2. The number of amides is 1. The molecule has 122 valence electrons. The van der Waals surface area contributed by atoms with Crippen molar-refractivity contribution in [1.29, 1.82) is 0 Å². The summed E-state index contributed by atoms with van der Waals surface area (Å²) in [5.74, 6) is -0.154. The zero-order valence-electron chi connectivity index (χ0n) is 12.8. The highest BCUT2D eigenvalue weighted by Gasteiger charge is 2.17. The maximum absolute atomic E-state index is 12.2. The van der Waals surface area contributed by atoms with E-state index in [0.717, 1.165) is 12.0 Å². The van der Waals surface area contributed by atoms with Gasteiger partial charge in [0.2, 0.25) is 0 Å². The van der Waals surface area contributed by atoms with Gasteiger partial charge in [0.25, 0.3) is 5.91 Å². The van der Waals surface area contributed by atoms with Gasteiger partial charge in [0.05, 0.1) is 5.69 Å². The Morgan fingerprint density at radius 3 is 2.54 bits per heavy atom. The van der Waals surface area contributed by atoms with Crippen LogP contribution in [0.15, 0.2) is 54.6 Å². The smallest absolute Gasteiger partial charge is 0.275 e. The van der Waals surface area contributed by atoms with Crippen molar-refractivity contribution < 1.29 is 4.79 Å². The van der Waals surface area contributed by atoms with E-state index >= 15 is 0 Å². The third-order valence-corrected chi connectivity index (χ3v) is 3.79. The van der Waals surface area contributed by atoms with Gasteiger partial charge in [-0.05, 0) is 36.2 Å². The number of hydrogen-bond donors (Lipinski definition) is 2. The second-order valence-electron chi connectivity index (χ2n) is 5.20. The first kappa shape index (κ1) is 16.0. The first-order valence-electron chi connectivity index (χ1n) is 7.44. The molecule has 3 aromatic rings. The molecular formula is C17H16ClN5O. The molecule has 0 fully saturated rings.